The molecule has 0 radical (unpaired) electrons. The Balaban J connectivity index is 2.34. The number of aromatic nitrogens is 3. The van der Waals surface area contributed by atoms with E-state index in [9.17, 15) is 12.8 Å². The topological polar surface area (TPSA) is 90.3 Å². The van der Waals surface area contributed by atoms with E-state index in [0.29, 0.717) is 23.7 Å². The quantitative estimate of drug-likeness (QED) is 0.495. The van der Waals surface area contributed by atoms with Crippen molar-refractivity contribution in [2.45, 2.75) is 35.1 Å². The predicted molar refractivity (Wildman–Crippen MR) is 104 cm³/mol. The van der Waals surface area contributed by atoms with E-state index < -0.39 is 15.7 Å². The molecular formula is C17H18ClFN4O2S2. The molecule has 2 aromatic heterocycles. The van der Waals surface area contributed by atoms with Crippen molar-refractivity contribution in [2.75, 3.05) is 12.8 Å². The Labute approximate surface area is 165 Å². The highest BCUT2D eigenvalue weighted by Crippen LogP contribution is 2.34. The molecule has 1 aromatic carbocycles. The number of nitrogens with zero attached hydrogens (tertiary/aromatic N) is 3. The average Bonchev–Trinajstić information content (AvgIpc) is 3.00. The molecule has 6 nitrogen and oxygen atoms in total. The fraction of sp³-hybridized carbons (Fsp3) is 0.294. The zero-order chi connectivity index (χ0) is 19.9. The highest BCUT2D eigenvalue weighted by molar-refractivity contribution is 7.99. The number of hydrogen-bond acceptors (Lipinski definition) is 6. The van der Waals surface area contributed by atoms with E-state index in [1.54, 1.807) is 6.26 Å². The first kappa shape index (κ1) is 20.1. The first-order chi connectivity index (χ1) is 12.7. The smallest absolute Gasteiger partial charge is 0.213 e. The van der Waals surface area contributed by atoms with Gasteiger partial charge in [0.05, 0.1) is 9.92 Å². The molecule has 0 amide bonds. The zero-order valence-electron chi connectivity index (χ0n) is 15.0. The Morgan fingerprint density at radius 1 is 1.33 bits per heavy atom. The van der Waals surface area contributed by atoms with E-state index in [2.05, 4.69) is 10.1 Å². The van der Waals surface area contributed by atoms with Crippen LogP contribution < -0.4 is 5.73 Å². The Bertz CT molecular complexity index is 1150. The van der Waals surface area contributed by atoms with Crippen molar-refractivity contribution < 1.29 is 12.8 Å². The Morgan fingerprint density at radius 3 is 2.63 bits per heavy atom. The van der Waals surface area contributed by atoms with Crippen LogP contribution in [0.15, 0.2) is 33.0 Å². The largest absolute Gasteiger partial charge is 0.330 e. The first-order valence-electron chi connectivity index (χ1n) is 8.05. The number of halogens is 2. The molecule has 0 spiro atoms. The molecule has 2 N–H and O–H groups in total. The van der Waals surface area contributed by atoms with Gasteiger partial charge in [0.25, 0.3) is 0 Å². The highest BCUT2D eigenvalue weighted by Gasteiger charge is 2.30. The minimum absolute atomic E-state index is 0.0110. The van der Waals surface area contributed by atoms with Crippen LogP contribution in [-0.2, 0) is 16.3 Å². The summed E-state index contributed by atoms with van der Waals surface area (Å²) in [6, 6.07) is 3.32. The molecule has 0 aliphatic rings. The van der Waals surface area contributed by atoms with Crippen LogP contribution in [0.4, 0.5) is 4.39 Å². The van der Waals surface area contributed by atoms with Gasteiger partial charge in [0, 0.05) is 11.4 Å². The van der Waals surface area contributed by atoms with Gasteiger partial charge in [0.15, 0.2) is 10.5 Å². The molecule has 2 heterocycles. The van der Waals surface area contributed by atoms with E-state index in [0.717, 1.165) is 23.4 Å². The summed E-state index contributed by atoms with van der Waals surface area (Å²) in [7, 11) is -4.01. The molecule has 0 bridgehead atoms. The van der Waals surface area contributed by atoms with Crippen molar-refractivity contribution in [2.24, 2.45) is 5.73 Å². The molecule has 0 saturated heterocycles. The predicted octanol–water partition coefficient (Wildman–Crippen LogP) is 3.19. The summed E-state index contributed by atoms with van der Waals surface area (Å²) in [6.45, 7) is 4.12. The molecule has 0 atom stereocenters. The van der Waals surface area contributed by atoms with Crippen molar-refractivity contribution >= 4 is 38.8 Å². The van der Waals surface area contributed by atoms with Crippen LogP contribution in [0.1, 0.15) is 17.0 Å². The standard InChI is InChI=1S/C17H18ClFN4O2S2/c1-9-12(6-7-20)10(2)23-16(21-9)15(17(22-23)26-3)27(24,25)11-4-5-14(19)13(18)8-11/h4-5,8H,6-7,20H2,1-3H3. The van der Waals surface area contributed by atoms with E-state index in [1.165, 1.54) is 22.3 Å². The molecular weight excluding hydrogens is 411 g/mol. The SMILES string of the molecule is CSc1nn2c(C)c(CCN)c(C)nc2c1S(=O)(=O)c1ccc(F)c(Cl)c1. The van der Waals surface area contributed by atoms with Gasteiger partial charge in [-0.1, -0.05) is 11.6 Å². The maximum atomic E-state index is 13.5. The molecule has 10 heteroatoms. The van der Waals surface area contributed by atoms with Crippen molar-refractivity contribution in [1.29, 1.82) is 0 Å². The summed E-state index contributed by atoms with van der Waals surface area (Å²) in [5.41, 5.74) is 8.33. The van der Waals surface area contributed by atoms with Crippen molar-refractivity contribution in [1.82, 2.24) is 14.6 Å². The molecule has 0 aliphatic heterocycles. The van der Waals surface area contributed by atoms with E-state index in [-0.39, 0.29) is 20.5 Å². The fourth-order valence-electron chi connectivity index (χ4n) is 2.96. The van der Waals surface area contributed by atoms with E-state index >= 15 is 0 Å². The summed E-state index contributed by atoms with van der Waals surface area (Å²) in [4.78, 5) is 4.38. The maximum absolute atomic E-state index is 13.5. The van der Waals surface area contributed by atoms with Gasteiger partial charge in [0.1, 0.15) is 10.8 Å². The van der Waals surface area contributed by atoms with Crippen LogP contribution in [0.3, 0.4) is 0 Å². The molecule has 0 fully saturated rings. The lowest BCUT2D eigenvalue weighted by Crippen LogP contribution is -2.11. The molecule has 3 rings (SSSR count). The summed E-state index contributed by atoms with van der Waals surface area (Å²) in [6.07, 6.45) is 2.35. The second-order valence-corrected chi connectivity index (χ2v) is 9.04. The van der Waals surface area contributed by atoms with Crippen LogP contribution in [0.25, 0.3) is 5.65 Å². The minimum Gasteiger partial charge on any atom is -0.330 e. The number of benzene rings is 1. The van der Waals surface area contributed by atoms with Gasteiger partial charge in [-0.3, -0.25) is 0 Å². The van der Waals surface area contributed by atoms with E-state index in [4.69, 9.17) is 17.3 Å². The lowest BCUT2D eigenvalue weighted by Gasteiger charge is -2.10. The van der Waals surface area contributed by atoms with Crippen LogP contribution in [0.2, 0.25) is 5.02 Å². The second-order valence-electron chi connectivity index (χ2n) is 5.95. The molecule has 0 aliphatic carbocycles. The number of aryl methyl sites for hydroxylation is 2. The monoisotopic (exact) mass is 428 g/mol. The molecule has 144 valence electrons. The van der Waals surface area contributed by atoms with Gasteiger partial charge in [-0.05, 0) is 56.8 Å². The Morgan fingerprint density at radius 2 is 2.04 bits per heavy atom. The normalized spacial score (nSPS) is 12.1. The Kier molecular flexibility index (Phi) is 5.49. The number of thioether (sulfide) groups is 1. The lowest BCUT2D eigenvalue weighted by molar-refractivity contribution is 0.593. The number of nitrogens with two attached hydrogens (primary N) is 1. The highest BCUT2D eigenvalue weighted by atomic mass is 35.5. The lowest BCUT2D eigenvalue weighted by atomic mass is 10.1. The summed E-state index contributed by atoms with van der Waals surface area (Å²) < 4.78 is 41.6. The van der Waals surface area contributed by atoms with Crippen LogP contribution in [-0.4, -0.2) is 35.8 Å². The van der Waals surface area contributed by atoms with Crippen molar-refractivity contribution in [3.63, 3.8) is 0 Å². The van der Waals surface area contributed by atoms with Gasteiger partial charge in [-0.15, -0.1) is 11.8 Å². The molecule has 3 aromatic rings. The van der Waals surface area contributed by atoms with Gasteiger partial charge < -0.3 is 5.73 Å². The number of sulfone groups is 1. The first-order valence-corrected chi connectivity index (χ1v) is 11.1. The summed E-state index contributed by atoms with van der Waals surface area (Å²) in [5, 5.41) is 4.49. The van der Waals surface area contributed by atoms with Crippen molar-refractivity contribution in [3.8, 4) is 0 Å². The van der Waals surface area contributed by atoms with Gasteiger partial charge >= 0.3 is 0 Å². The minimum atomic E-state index is -4.01. The van der Waals surface area contributed by atoms with Gasteiger partial charge in [-0.25, -0.2) is 22.3 Å². The number of fused-ring (bicyclic) bond motifs is 1. The van der Waals surface area contributed by atoms with Crippen LogP contribution >= 0.6 is 23.4 Å². The third-order valence-electron chi connectivity index (χ3n) is 4.31. The van der Waals surface area contributed by atoms with Crippen LogP contribution in [0.5, 0.6) is 0 Å². The molecule has 0 saturated carbocycles. The van der Waals surface area contributed by atoms with Crippen molar-refractivity contribution in [3.05, 3.63) is 46.0 Å². The third-order valence-corrected chi connectivity index (χ3v) is 7.19. The summed E-state index contributed by atoms with van der Waals surface area (Å²) in [5.74, 6) is -0.684. The zero-order valence-corrected chi connectivity index (χ0v) is 17.3. The van der Waals surface area contributed by atoms with Gasteiger partial charge in [-0.2, -0.15) is 5.10 Å². The maximum Gasteiger partial charge on any atom is 0.213 e. The Hall–Kier alpha value is -1.68. The van der Waals surface area contributed by atoms with Crippen LogP contribution in [0, 0.1) is 19.7 Å². The summed E-state index contributed by atoms with van der Waals surface area (Å²) >= 11 is 6.99. The number of rotatable bonds is 5. The van der Waals surface area contributed by atoms with Gasteiger partial charge in [0.2, 0.25) is 9.84 Å². The molecule has 27 heavy (non-hydrogen) atoms. The fourth-order valence-corrected chi connectivity index (χ4v) is 5.62. The number of hydrogen-bond donors (Lipinski definition) is 1. The second kappa shape index (κ2) is 7.38. The van der Waals surface area contributed by atoms with E-state index in [1.807, 2.05) is 13.8 Å². The average molecular weight is 429 g/mol. The molecule has 0 unspecified atom stereocenters. The third kappa shape index (κ3) is 3.33.